The van der Waals surface area contributed by atoms with Gasteiger partial charge < -0.3 is 14.2 Å². The smallest absolute Gasteiger partial charge is 0.252 e. The number of carbonyl (C=O) groups is 1. The van der Waals surface area contributed by atoms with Crippen molar-refractivity contribution in [2.75, 3.05) is 13.1 Å². The number of rotatable bonds is 7. The Morgan fingerprint density at radius 2 is 2.17 bits per heavy atom. The molecule has 9 heteroatoms. The van der Waals surface area contributed by atoms with Crippen LogP contribution >= 0.6 is 0 Å². The van der Waals surface area contributed by atoms with Gasteiger partial charge in [-0.25, -0.2) is 0 Å². The fourth-order valence-electron chi connectivity index (χ4n) is 3.75. The third-order valence-electron chi connectivity index (χ3n) is 5.45. The zero-order valence-electron chi connectivity index (χ0n) is 17.3. The van der Waals surface area contributed by atoms with Gasteiger partial charge in [0, 0.05) is 43.2 Å². The summed E-state index contributed by atoms with van der Waals surface area (Å²) in [5.74, 6) is 1.10. The molecule has 0 saturated carbocycles. The Bertz CT molecular complexity index is 964. The van der Waals surface area contributed by atoms with Crippen molar-refractivity contribution >= 4 is 5.91 Å². The highest BCUT2D eigenvalue weighted by Gasteiger charge is 2.25. The summed E-state index contributed by atoms with van der Waals surface area (Å²) >= 11 is 0. The minimum Gasteiger partial charge on any atom is -0.367 e. The number of likely N-dealkylation sites (tertiary alicyclic amines) is 1. The first-order chi connectivity index (χ1) is 14.6. The molecule has 4 heterocycles. The minimum absolute atomic E-state index is 0.0311. The number of hydrogen-bond donors (Lipinski definition) is 1. The van der Waals surface area contributed by atoms with Crippen molar-refractivity contribution in [1.82, 2.24) is 30.2 Å². The summed E-state index contributed by atoms with van der Waals surface area (Å²) in [4.78, 5) is 22.9. The summed E-state index contributed by atoms with van der Waals surface area (Å²) in [5, 5.41) is 11.2. The van der Waals surface area contributed by atoms with Gasteiger partial charge in [-0.1, -0.05) is 5.16 Å². The van der Waals surface area contributed by atoms with Crippen LogP contribution in [0.4, 0.5) is 0 Å². The molecule has 1 saturated heterocycles. The third-order valence-corrected chi connectivity index (χ3v) is 5.45. The van der Waals surface area contributed by atoms with E-state index in [4.69, 9.17) is 9.26 Å². The van der Waals surface area contributed by atoms with Crippen molar-refractivity contribution < 1.29 is 14.1 Å². The van der Waals surface area contributed by atoms with E-state index in [1.54, 1.807) is 12.4 Å². The Labute approximate surface area is 174 Å². The number of ether oxygens (including phenoxy) is 1. The van der Waals surface area contributed by atoms with Crippen molar-refractivity contribution in [2.45, 2.75) is 52.2 Å². The van der Waals surface area contributed by atoms with Crippen LogP contribution in [0, 0.1) is 13.8 Å². The molecule has 1 atom stereocenters. The van der Waals surface area contributed by atoms with Gasteiger partial charge in [-0.2, -0.15) is 10.1 Å². The second-order valence-corrected chi connectivity index (χ2v) is 7.58. The fourth-order valence-corrected chi connectivity index (χ4v) is 3.75. The van der Waals surface area contributed by atoms with Gasteiger partial charge in [0.2, 0.25) is 11.7 Å². The van der Waals surface area contributed by atoms with Gasteiger partial charge in [0.1, 0.15) is 6.61 Å². The van der Waals surface area contributed by atoms with Gasteiger partial charge in [-0.3, -0.25) is 14.9 Å². The van der Waals surface area contributed by atoms with E-state index >= 15 is 0 Å². The van der Waals surface area contributed by atoms with Gasteiger partial charge in [0.15, 0.2) is 0 Å². The molecule has 0 aromatic carbocycles. The number of aromatic amines is 1. The maximum atomic E-state index is 12.7. The van der Waals surface area contributed by atoms with Gasteiger partial charge in [-0.05, 0) is 50.8 Å². The average molecular weight is 410 g/mol. The monoisotopic (exact) mass is 410 g/mol. The van der Waals surface area contributed by atoms with Crippen LogP contribution in [-0.2, 0) is 22.6 Å². The Hall–Kier alpha value is -3.07. The number of nitrogens with zero attached hydrogens (tertiary/aromatic N) is 5. The predicted molar refractivity (Wildman–Crippen MR) is 108 cm³/mol. The van der Waals surface area contributed by atoms with Crippen LogP contribution in [0.2, 0.25) is 0 Å². The average Bonchev–Trinajstić information content (AvgIpc) is 3.38. The van der Waals surface area contributed by atoms with E-state index in [0.29, 0.717) is 31.1 Å². The fraction of sp³-hybridized carbons (Fsp3) is 0.476. The van der Waals surface area contributed by atoms with Crippen LogP contribution < -0.4 is 0 Å². The van der Waals surface area contributed by atoms with Crippen molar-refractivity contribution in [3.63, 3.8) is 0 Å². The normalized spacial score (nSPS) is 16.7. The lowest BCUT2D eigenvalue weighted by atomic mass is 10.0. The number of piperidine rings is 1. The molecular weight excluding hydrogens is 384 g/mol. The highest BCUT2D eigenvalue weighted by atomic mass is 16.5. The minimum atomic E-state index is -0.0311. The molecule has 1 N–H and O–H groups in total. The number of aromatic nitrogens is 5. The molecule has 1 aliphatic rings. The zero-order valence-corrected chi connectivity index (χ0v) is 17.3. The van der Waals surface area contributed by atoms with Gasteiger partial charge in [-0.15, -0.1) is 0 Å². The van der Waals surface area contributed by atoms with E-state index in [-0.39, 0.29) is 18.6 Å². The summed E-state index contributed by atoms with van der Waals surface area (Å²) in [6.07, 6.45) is 6.36. The Balaban J connectivity index is 1.27. The maximum Gasteiger partial charge on any atom is 0.252 e. The lowest BCUT2D eigenvalue weighted by Crippen LogP contribution is -2.43. The molecule has 9 nitrogen and oxygen atoms in total. The van der Waals surface area contributed by atoms with Gasteiger partial charge >= 0.3 is 0 Å². The molecule has 0 radical (unpaired) electrons. The topological polar surface area (TPSA) is 110 Å². The molecule has 0 bridgehead atoms. The summed E-state index contributed by atoms with van der Waals surface area (Å²) in [6, 6.07) is 3.65. The molecule has 3 aromatic heterocycles. The number of nitrogens with one attached hydrogen (secondary N) is 1. The van der Waals surface area contributed by atoms with E-state index in [0.717, 1.165) is 41.9 Å². The zero-order chi connectivity index (χ0) is 20.9. The molecule has 4 rings (SSSR count). The largest absolute Gasteiger partial charge is 0.367 e. The first-order valence-electron chi connectivity index (χ1n) is 10.2. The van der Waals surface area contributed by atoms with Crippen LogP contribution in [0.5, 0.6) is 0 Å². The number of aryl methyl sites for hydroxylation is 2. The Morgan fingerprint density at radius 3 is 2.93 bits per heavy atom. The first kappa shape index (κ1) is 20.2. The molecule has 30 heavy (non-hydrogen) atoms. The second-order valence-electron chi connectivity index (χ2n) is 7.58. The molecule has 0 aliphatic carbocycles. The molecule has 158 valence electrons. The first-order valence-corrected chi connectivity index (χ1v) is 10.2. The molecule has 1 aliphatic heterocycles. The third kappa shape index (κ3) is 4.73. The highest BCUT2D eigenvalue weighted by Crippen LogP contribution is 2.19. The van der Waals surface area contributed by atoms with E-state index in [1.165, 1.54) is 0 Å². The van der Waals surface area contributed by atoms with Crippen LogP contribution in [0.25, 0.3) is 11.4 Å². The second kappa shape index (κ2) is 9.17. The summed E-state index contributed by atoms with van der Waals surface area (Å²) < 4.78 is 11.3. The van der Waals surface area contributed by atoms with Crippen LogP contribution in [0.3, 0.4) is 0 Å². The Kier molecular flexibility index (Phi) is 6.18. The molecule has 1 unspecified atom stereocenters. The molecule has 1 amide bonds. The summed E-state index contributed by atoms with van der Waals surface area (Å²) in [6.45, 7) is 5.55. The molecule has 1 fully saturated rings. The predicted octanol–water partition coefficient (Wildman–Crippen LogP) is 2.61. The standard InChI is InChI=1S/C21H26N6O3/c1-14-18(15(2)25-24-14)5-6-20(28)27-11-3-4-17(12-27)29-13-19-23-21(26-30-19)16-7-9-22-10-8-16/h7-10,17H,3-6,11-13H2,1-2H3,(H,24,25). The van der Waals surface area contributed by atoms with Gasteiger partial charge in [0.05, 0.1) is 11.8 Å². The number of pyridine rings is 1. The van der Waals surface area contributed by atoms with Crippen LogP contribution in [0.1, 0.15) is 42.1 Å². The summed E-state index contributed by atoms with van der Waals surface area (Å²) in [5.41, 5.74) is 3.98. The van der Waals surface area contributed by atoms with Crippen LogP contribution in [-0.4, -0.2) is 55.3 Å². The number of amides is 1. The van der Waals surface area contributed by atoms with E-state index < -0.39 is 0 Å². The van der Waals surface area contributed by atoms with E-state index in [2.05, 4.69) is 25.3 Å². The van der Waals surface area contributed by atoms with Crippen molar-refractivity contribution in [3.05, 3.63) is 47.4 Å². The van der Waals surface area contributed by atoms with Crippen LogP contribution in [0.15, 0.2) is 29.0 Å². The van der Waals surface area contributed by atoms with Crippen molar-refractivity contribution in [3.8, 4) is 11.4 Å². The SMILES string of the molecule is Cc1n[nH]c(C)c1CCC(=O)N1CCCC(OCc2nc(-c3ccncc3)no2)C1. The molecule has 3 aromatic rings. The number of carbonyl (C=O) groups excluding carboxylic acids is 1. The van der Waals surface area contributed by atoms with E-state index in [9.17, 15) is 4.79 Å². The lowest BCUT2D eigenvalue weighted by Gasteiger charge is -2.32. The highest BCUT2D eigenvalue weighted by molar-refractivity contribution is 5.76. The Morgan fingerprint density at radius 1 is 1.33 bits per heavy atom. The van der Waals surface area contributed by atoms with Gasteiger partial charge in [0.25, 0.3) is 5.89 Å². The number of hydrogen-bond acceptors (Lipinski definition) is 7. The number of H-pyrrole nitrogens is 1. The van der Waals surface area contributed by atoms with Crippen molar-refractivity contribution in [1.29, 1.82) is 0 Å². The lowest BCUT2D eigenvalue weighted by molar-refractivity contribution is -0.135. The maximum absolute atomic E-state index is 12.7. The molecule has 0 spiro atoms. The quantitative estimate of drug-likeness (QED) is 0.637. The van der Waals surface area contributed by atoms with E-state index in [1.807, 2.05) is 30.9 Å². The summed E-state index contributed by atoms with van der Waals surface area (Å²) in [7, 11) is 0. The molecular formula is C21H26N6O3. The van der Waals surface area contributed by atoms with Crippen molar-refractivity contribution in [2.24, 2.45) is 0 Å².